The summed E-state index contributed by atoms with van der Waals surface area (Å²) in [6.07, 6.45) is 1.06. The molecule has 13 heteroatoms. The van der Waals surface area contributed by atoms with Crippen LogP contribution in [0.2, 0.25) is 5.15 Å². The Morgan fingerprint density at radius 3 is 2.58 bits per heavy atom. The molecule has 1 saturated heterocycles. The van der Waals surface area contributed by atoms with Gasteiger partial charge in [0.05, 0.1) is 12.1 Å². The number of piperazine rings is 1. The summed E-state index contributed by atoms with van der Waals surface area (Å²) < 4.78 is 50.9. The number of pyridine rings is 1. The molecule has 10 nitrogen and oxygen atoms in total. The Balaban J connectivity index is 1.86. The van der Waals surface area contributed by atoms with E-state index in [0.29, 0.717) is 19.5 Å². The van der Waals surface area contributed by atoms with Crippen LogP contribution in [0.3, 0.4) is 0 Å². The number of hydrogen-bond donors (Lipinski definition) is 0. The van der Waals surface area contributed by atoms with E-state index in [9.17, 15) is 17.6 Å². The highest BCUT2D eigenvalue weighted by molar-refractivity contribution is 7.90. The minimum atomic E-state index is -3.86. The van der Waals surface area contributed by atoms with Crippen LogP contribution >= 0.6 is 11.6 Å². The van der Waals surface area contributed by atoms with Gasteiger partial charge in [-0.25, -0.2) is 27.6 Å². The number of nitrogens with zero attached hydrogens (tertiary/aromatic N) is 5. The number of hydrogen-bond acceptors (Lipinski definition) is 9. The average molecular weight is 502 g/mol. The summed E-state index contributed by atoms with van der Waals surface area (Å²) in [5, 5.41) is -0.864. The summed E-state index contributed by atoms with van der Waals surface area (Å²) in [7, 11) is -3.86. The second-order valence-corrected chi connectivity index (χ2v) is 11.3. The van der Waals surface area contributed by atoms with E-state index in [1.807, 2.05) is 11.8 Å². The maximum absolute atomic E-state index is 14.9. The molecule has 180 valence electrons. The summed E-state index contributed by atoms with van der Waals surface area (Å²) in [5.74, 6) is -0.756. The molecule has 1 fully saturated rings. The molecule has 2 aromatic heterocycles. The van der Waals surface area contributed by atoms with Gasteiger partial charge < -0.3 is 19.3 Å². The number of carbonyl (C=O) groups excluding carboxylic acids is 1. The zero-order valence-electron chi connectivity index (χ0n) is 18.9. The Morgan fingerprint density at radius 1 is 1.27 bits per heavy atom. The molecule has 0 saturated carbocycles. The van der Waals surface area contributed by atoms with E-state index < -0.39 is 43.7 Å². The second-order valence-electron chi connectivity index (χ2n) is 9.07. The first-order chi connectivity index (χ1) is 15.3. The third-order valence-electron chi connectivity index (χ3n) is 5.54. The van der Waals surface area contributed by atoms with Gasteiger partial charge in [0.15, 0.2) is 11.0 Å². The normalized spacial score (nSPS) is 20.8. The van der Waals surface area contributed by atoms with Gasteiger partial charge in [0, 0.05) is 19.3 Å². The van der Waals surface area contributed by atoms with Crippen LogP contribution in [0.15, 0.2) is 5.16 Å². The number of ether oxygens (including phenoxy) is 2. The van der Waals surface area contributed by atoms with Crippen molar-refractivity contribution >= 4 is 44.3 Å². The van der Waals surface area contributed by atoms with Gasteiger partial charge in [-0.05, 0) is 27.2 Å². The minimum absolute atomic E-state index is 0.0134. The van der Waals surface area contributed by atoms with Crippen molar-refractivity contribution in [2.75, 3.05) is 30.9 Å². The first kappa shape index (κ1) is 23.7. The van der Waals surface area contributed by atoms with E-state index in [-0.39, 0.29) is 35.2 Å². The van der Waals surface area contributed by atoms with Gasteiger partial charge in [0.2, 0.25) is 20.9 Å². The highest BCUT2D eigenvalue weighted by Crippen LogP contribution is 2.40. The van der Waals surface area contributed by atoms with Crippen LogP contribution in [-0.2, 0) is 14.6 Å². The molecule has 33 heavy (non-hydrogen) atoms. The van der Waals surface area contributed by atoms with Crippen molar-refractivity contribution in [3.63, 3.8) is 0 Å². The van der Waals surface area contributed by atoms with Crippen molar-refractivity contribution in [3.8, 4) is 5.88 Å². The number of anilines is 1. The van der Waals surface area contributed by atoms with Crippen LogP contribution in [0, 0.1) is 5.82 Å². The molecule has 0 aliphatic carbocycles. The van der Waals surface area contributed by atoms with Crippen molar-refractivity contribution in [1.29, 1.82) is 0 Å². The Hall–Kier alpha value is -2.47. The molecule has 4 rings (SSSR count). The molecular formula is C20H25ClFN5O5S. The van der Waals surface area contributed by atoms with Crippen molar-refractivity contribution < 1.29 is 27.1 Å². The lowest BCUT2D eigenvalue weighted by Crippen LogP contribution is -2.63. The van der Waals surface area contributed by atoms with E-state index in [1.165, 1.54) is 0 Å². The van der Waals surface area contributed by atoms with E-state index in [2.05, 4.69) is 15.0 Å². The first-order valence-corrected chi connectivity index (χ1v) is 12.7. The maximum atomic E-state index is 14.9. The molecule has 2 aliphatic heterocycles. The zero-order chi connectivity index (χ0) is 24.3. The molecule has 4 heterocycles. The standard InChI is InChI=1S/C20H25ClFN5O5S/c1-6-10-11-9-31-17-12-14(13(22)15(21)24-17)23-18(33(5,29)30)25-16(12)26(11)7-8-27(10)19(28)32-20(2,3)4/h10-11H,6-9H2,1-5H3/t10-,11+/m0/s1. The summed E-state index contributed by atoms with van der Waals surface area (Å²) in [6.45, 7) is 7.99. The number of fused-ring (bicyclic) bond motifs is 2. The molecule has 0 N–H and O–H groups in total. The molecule has 0 unspecified atom stereocenters. The van der Waals surface area contributed by atoms with Crippen molar-refractivity contribution in [1.82, 2.24) is 19.9 Å². The highest BCUT2D eigenvalue weighted by Gasteiger charge is 2.43. The lowest BCUT2D eigenvalue weighted by atomic mass is 9.99. The zero-order valence-corrected chi connectivity index (χ0v) is 20.5. The summed E-state index contributed by atoms with van der Waals surface area (Å²) in [4.78, 5) is 28.6. The lowest BCUT2D eigenvalue weighted by Gasteiger charge is -2.46. The van der Waals surface area contributed by atoms with Crippen molar-refractivity contribution in [2.24, 2.45) is 0 Å². The SMILES string of the molecule is CC[C@H]1[C@H]2COc3nc(Cl)c(F)c4nc(S(C)(=O)=O)nc(c34)N2CCN1C(=O)OC(C)(C)C. The predicted molar refractivity (Wildman–Crippen MR) is 119 cm³/mol. The Kier molecular flexibility index (Phi) is 5.80. The average Bonchev–Trinajstić information content (AvgIpc) is 2.86. The third kappa shape index (κ3) is 4.25. The molecule has 2 aromatic rings. The van der Waals surface area contributed by atoms with E-state index in [0.717, 1.165) is 6.26 Å². The molecule has 2 aliphatic rings. The fourth-order valence-electron chi connectivity index (χ4n) is 4.19. The van der Waals surface area contributed by atoms with Gasteiger partial charge in [-0.15, -0.1) is 0 Å². The quantitative estimate of drug-likeness (QED) is 0.452. The molecule has 0 bridgehead atoms. The van der Waals surface area contributed by atoms with Crippen LogP contribution in [-0.4, -0.2) is 78.0 Å². The van der Waals surface area contributed by atoms with Crippen LogP contribution in [0.5, 0.6) is 5.88 Å². The van der Waals surface area contributed by atoms with Gasteiger partial charge in [0.25, 0.3) is 0 Å². The Morgan fingerprint density at radius 2 is 1.97 bits per heavy atom. The lowest BCUT2D eigenvalue weighted by molar-refractivity contribution is 0.00595. The van der Waals surface area contributed by atoms with Crippen LogP contribution < -0.4 is 9.64 Å². The fraction of sp³-hybridized carbons (Fsp3) is 0.600. The molecule has 0 aromatic carbocycles. The Labute approximate surface area is 196 Å². The molecule has 2 atom stereocenters. The van der Waals surface area contributed by atoms with Crippen LogP contribution in [0.4, 0.5) is 15.0 Å². The monoisotopic (exact) mass is 501 g/mol. The molecular weight excluding hydrogens is 477 g/mol. The Bertz CT molecular complexity index is 1240. The molecule has 1 amide bonds. The number of carbonyl (C=O) groups is 1. The summed E-state index contributed by atoms with van der Waals surface area (Å²) in [5.41, 5.74) is -0.942. The van der Waals surface area contributed by atoms with E-state index in [4.69, 9.17) is 21.1 Å². The van der Waals surface area contributed by atoms with Gasteiger partial charge in [-0.3, -0.25) is 0 Å². The van der Waals surface area contributed by atoms with Crippen molar-refractivity contribution in [3.05, 3.63) is 11.0 Å². The first-order valence-electron chi connectivity index (χ1n) is 10.5. The van der Waals surface area contributed by atoms with E-state index >= 15 is 0 Å². The second kappa shape index (κ2) is 8.08. The van der Waals surface area contributed by atoms with Crippen LogP contribution in [0.1, 0.15) is 34.1 Å². The summed E-state index contributed by atoms with van der Waals surface area (Å²) >= 11 is 5.94. The van der Waals surface area contributed by atoms with Gasteiger partial charge in [0.1, 0.15) is 28.9 Å². The maximum Gasteiger partial charge on any atom is 0.410 e. The highest BCUT2D eigenvalue weighted by atomic mass is 35.5. The largest absolute Gasteiger partial charge is 0.475 e. The minimum Gasteiger partial charge on any atom is -0.475 e. The smallest absolute Gasteiger partial charge is 0.410 e. The predicted octanol–water partition coefficient (Wildman–Crippen LogP) is 2.82. The van der Waals surface area contributed by atoms with Gasteiger partial charge in [-0.1, -0.05) is 18.5 Å². The van der Waals surface area contributed by atoms with E-state index in [1.54, 1.807) is 25.7 Å². The number of rotatable bonds is 2. The summed E-state index contributed by atoms with van der Waals surface area (Å²) in [6, 6.07) is -0.757. The number of amides is 1. The molecule has 0 radical (unpaired) electrons. The van der Waals surface area contributed by atoms with Gasteiger partial charge in [-0.2, -0.15) is 4.98 Å². The fourth-order valence-corrected chi connectivity index (χ4v) is 4.86. The third-order valence-corrected chi connectivity index (χ3v) is 6.64. The topological polar surface area (TPSA) is 115 Å². The number of sulfone groups is 1. The van der Waals surface area contributed by atoms with Crippen LogP contribution in [0.25, 0.3) is 10.9 Å². The molecule has 0 spiro atoms. The number of halogens is 2. The van der Waals surface area contributed by atoms with Gasteiger partial charge >= 0.3 is 6.09 Å². The van der Waals surface area contributed by atoms with Crippen molar-refractivity contribution in [2.45, 2.75) is 57.0 Å². The number of aromatic nitrogens is 3.